The molecule has 14 heteroatoms. The number of phenols is 5. The first-order chi connectivity index (χ1) is 20.9. The molecule has 5 rings (SSSR count). The Bertz CT molecular complexity index is 1690. The van der Waals surface area contributed by atoms with Crippen LogP contribution in [0.3, 0.4) is 0 Å². The van der Waals surface area contributed by atoms with E-state index in [0.29, 0.717) is 5.56 Å². The zero-order valence-corrected chi connectivity index (χ0v) is 22.5. The molecule has 4 aromatic rings. The van der Waals surface area contributed by atoms with Gasteiger partial charge in [0.25, 0.3) is 0 Å². The Morgan fingerprint density at radius 3 is 2.20 bits per heavy atom. The van der Waals surface area contributed by atoms with Crippen LogP contribution in [0.4, 0.5) is 0 Å². The minimum atomic E-state index is -1.82. The van der Waals surface area contributed by atoms with Gasteiger partial charge in [0.05, 0.1) is 18.2 Å². The van der Waals surface area contributed by atoms with E-state index in [1.807, 2.05) is 0 Å². The lowest BCUT2D eigenvalue weighted by molar-refractivity contribution is -0.277. The van der Waals surface area contributed by atoms with Crippen LogP contribution < -0.4 is 9.47 Å². The average Bonchev–Trinajstić information content (AvgIpc) is 2.99. The number of aliphatic hydroxyl groups excluding tert-OH is 4. The van der Waals surface area contributed by atoms with Crippen LogP contribution >= 0.6 is 0 Å². The van der Waals surface area contributed by atoms with Crippen molar-refractivity contribution in [2.24, 2.45) is 0 Å². The normalized spacial score (nSPS) is 21.9. The van der Waals surface area contributed by atoms with Crippen molar-refractivity contribution in [1.29, 1.82) is 0 Å². The number of fused-ring (bicyclic) bond motifs is 1. The Hall–Kier alpha value is -5.12. The smallest absolute Gasteiger partial charge is 0.402 e. The van der Waals surface area contributed by atoms with Crippen molar-refractivity contribution in [3.8, 4) is 51.6 Å². The SMILES string of the molecule is O=C(C=Cc1ccc(O)cc1)Oc1cc(O)c2cc(O[C@@H]3O[C@H](CO)[C@@H](O)[C@H](O)[C@H]3O)c(-c3cc(O)c(O)c(O)c3)[o+]c2c1. The molecule has 2 heterocycles. The lowest BCUT2D eigenvalue weighted by atomic mass is 9.99. The van der Waals surface area contributed by atoms with E-state index in [2.05, 4.69) is 0 Å². The second-order valence-corrected chi connectivity index (χ2v) is 9.82. The van der Waals surface area contributed by atoms with Gasteiger partial charge in [-0.05, 0) is 23.8 Å². The number of esters is 1. The maximum Gasteiger partial charge on any atom is 0.402 e. The molecule has 1 aromatic heterocycles. The van der Waals surface area contributed by atoms with Gasteiger partial charge in [-0.3, -0.25) is 0 Å². The number of benzene rings is 3. The molecule has 0 aliphatic carbocycles. The Morgan fingerprint density at radius 2 is 1.55 bits per heavy atom. The van der Waals surface area contributed by atoms with E-state index in [0.717, 1.165) is 24.3 Å². The molecular formula is C30H27O14+. The summed E-state index contributed by atoms with van der Waals surface area (Å²) >= 11 is 0. The zero-order valence-electron chi connectivity index (χ0n) is 22.5. The van der Waals surface area contributed by atoms with Crippen LogP contribution in [0.5, 0.6) is 40.2 Å². The van der Waals surface area contributed by atoms with Gasteiger partial charge in [-0.25, -0.2) is 9.21 Å². The fourth-order valence-electron chi connectivity index (χ4n) is 4.45. The fourth-order valence-corrected chi connectivity index (χ4v) is 4.45. The molecule has 1 aliphatic heterocycles. The molecule has 14 nitrogen and oxygen atoms in total. The van der Waals surface area contributed by atoms with Crippen LogP contribution in [0.2, 0.25) is 0 Å². The minimum absolute atomic E-state index is 0.00000263. The molecule has 0 spiro atoms. The Morgan fingerprint density at radius 1 is 0.864 bits per heavy atom. The molecule has 1 saturated heterocycles. The van der Waals surface area contributed by atoms with E-state index in [1.165, 1.54) is 30.3 Å². The van der Waals surface area contributed by atoms with E-state index in [1.54, 1.807) is 12.1 Å². The highest BCUT2D eigenvalue weighted by Gasteiger charge is 2.45. The predicted octanol–water partition coefficient (Wildman–Crippen LogP) is 1.71. The van der Waals surface area contributed by atoms with Crippen molar-refractivity contribution >= 4 is 23.0 Å². The van der Waals surface area contributed by atoms with Gasteiger partial charge in [0.2, 0.25) is 12.0 Å². The van der Waals surface area contributed by atoms with Crippen LogP contribution in [0.1, 0.15) is 5.56 Å². The second-order valence-electron chi connectivity index (χ2n) is 9.82. The molecule has 0 bridgehead atoms. The van der Waals surface area contributed by atoms with Gasteiger partial charge in [0.15, 0.2) is 17.2 Å². The summed E-state index contributed by atoms with van der Waals surface area (Å²) in [6, 6.07) is 11.6. The van der Waals surface area contributed by atoms with Gasteiger partial charge in [0.1, 0.15) is 47.1 Å². The van der Waals surface area contributed by atoms with Crippen LogP contribution in [0.25, 0.3) is 28.4 Å². The van der Waals surface area contributed by atoms with E-state index in [4.69, 9.17) is 18.6 Å². The number of ether oxygens (including phenoxy) is 3. The number of hydrogen-bond donors (Lipinski definition) is 9. The molecule has 44 heavy (non-hydrogen) atoms. The van der Waals surface area contributed by atoms with Crippen LogP contribution in [-0.2, 0) is 9.53 Å². The fraction of sp³-hybridized carbons (Fsp3) is 0.200. The van der Waals surface area contributed by atoms with Crippen molar-refractivity contribution in [2.75, 3.05) is 6.61 Å². The summed E-state index contributed by atoms with van der Waals surface area (Å²) in [5.41, 5.74) is 0.449. The summed E-state index contributed by atoms with van der Waals surface area (Å²) in [7, 11) is 0. The quantitative estimate of drug-likeness (QED) is 0.0475. The van der Waals surface area contributed by atoms with E-state index in [9.17, 15) is 50.8 Å². The van der Waals surface area contributed by atoms with Crippen molar-refractivity contribution < 1.29 is 69.4 Å². The number of rotatable bonds is 7. The number of phenolic OH excluding ortho intramolecular Hbond substituents is 5. The van der Waals surface area contributed by atoms with Crippen LogP contribution in [0.15, 0.2) is 65.1 Å². The molecular weight excluding hydrogens is 584 g/mol. The van der Waals surface area contributed by atoms with Gasteiger partial charge in [-0.15, -0.1) is 0 Å². The predicted molar refractivity (Wildman–Crippen MR) is 150 cm³/mol. The Labute approximate surface area is 247 Å². The summed E-state index contributed by atoms with van der Waals surface area (Å²) in [5, 5.41) is 90.5. The highest BCUT2D eigenvalue weighted by Crippen LogP contribution is 2.45. The summed E-state index contributed by atoms with van der Waals surface area (Å²) < 4.78 is 22.4. The number of carbonyl (C=O) groups is 1. The first-order valence-corrected chi connectivity index (χ1v) is 13.0. The highest BCUT2D eigenvalue weighted by atomic mass is 16.7. The number of hydrogen-bond acceptors (Lipinski definition) is 13. The molecule has 5 atom stereocenters. The van der Waals surface area contributed by atoms with Crippen molar-refractivity contribution in [2.45, 2.75) is 30.7 Å². The monoisotopic (exact) mass is 611 g/mol. The van der Waals surface area contributed by atoms with Crippen LogP contribution in [-0.4, -0.2) is 89.2 Å². The van der Waals surface area contributed by atoms with Crippen LogP contribution in [0, 0.1) is 0 Å². The summed E-state index contributed by atoms with van der Waals surface area (Å²) in [5.74, 6) is -4.16. The summed E-state index contributed by atoms with van der Waals surface area (Å²) in [4.78, 5) is 12.4. The Balaban J connectivity index is 1.53. The average molecular weight is 612 g/mol. The standard InChI is InChI=1S/C30H26O14/c31-12-23-26(38)27(39)28(40)30(44-23)43-22-11-17-18(33)9-16(41-24(36)6-3-13-1-4-15(32)5-2-13)10-21(17)42-29(22)14-7-19(34)25(37)20(35)8-14/h1-11,23,26-28,30-31,38-40H,12H2,(H4-,32,33,34,35,36,37)/p+1/t23-,26-,27+,28-,30-/m1/s1. The molecule has 1 fully saturated rings. The summed E-state index contributed by atoms with van der Waals surface area (Å²) in [6.07, 6.45) is -5.69. The van der Waals surface area contributed by atoms with Gasteiger partial charge >= 0.3 is 17.3 Å². The third-order valence-electron chi connectivity index (χ3n) is 6.75. The minimum Gasteiger partial charge on any atom is -0.508 e. The molecule has 230 valence electrons. The maximum atomic E-state index is 12.4. The Kier molecular flexibility index (Phi) is 8.44. The first-order valence-electron chi connectivity index (χ1n) is 13.0. The van der Waals surface area contributed by atoms with Gasteiger partial charge < -0.3 is 60.2 Å². The molecule has 0 radical (unpaired) electrons. The van der Waals surface area contributed by atoms with E-state index in [-0.39, 0.29) is 39.5 Å². The first kappa shape index (κ1) is 30.3. The highest BCUT2D eigenvalue weighted by molar-refractivity contribution is 5.92. The molecule has 3 aromatic carbocycles. The number of carbonyl (C=O) groups excluding carboxylic acids is 1. The molecule has 0 saturated carbocycles. The lowest BCUT2D eigenvalue weighted by Gasteiger charge is -2.39. The van der Waals surface area contributed by atoms with Crippen molar-refractivity contribution in [3.63, 3.8) is 0 Å². The molecule has 0 unspecified atom stereocenters. The molecule has 1 aliphatic rings. The molecule has 9 N–H and O–H groups in total. The van der Waals surface area contributed by atoms with Gasteiger partial charge in [-0.2, -0.15) is 0 Å². The largest absolute Gasteiger partial charge is 0.508 e. The topological polar surface area (TPSA) is 238 Å². The maximum absolute atomic E-state index is 12.4. The number of aliphatic hydroxyl groups is 4. The third-order valence-corrected chi connectivity index (χ3v) is 6.75. The number of aromatic hydroxyl groups is 5. The van der Waals surface area contributed by atoms with Crippen molar-refractivity contribution in [3.05, 3.63) is 66.2 Å². The van der Waals surface area contributed by atoms with Gasteiger partial charge in [0, 0.05) is 30.3 Å². The van der Waals surface area contributed by atoms with Crippen molar-refractivity contribution in [1.82, 2.24) is 0 Å². The lowest BCUT2D eigenvalue weighted by Crippen LogP contribution is -2.60. The van der Waals surface area contributed by atoms with E-state index < -0.39 is 66.3 Å². The van der Waals surface area contributed by atoms with Gasteiger partial charge in [-0.1, -0.05) is 12.1 Å². The third kappa shape index (κ3) is 6.15. The second kappa shape index (κ2) is 12.2. The van der Waals surface area contributed by atoms with E-state index >= 15 is 0 Å². The molecule has 0 amide bonds. The zero-order chi connectivity index (χ0) is 31.7. The summed E-state index contributed by atoms with van der Waals surface area (Å²) in [6.45, 7) is -0.730.